The number of hydrogen-bond acceptors (Lipinski definition) is 6. The average molecular weight is 973 g/mol. The van der Waals surface area contributed by atoms with Crippen molar-refractivity contribution >= 4 is 0 Å². The first-order valence-corrected chi connectivity index (χ1v) is 27.9. The van der Waals surface area contributed by atoms with Crippen LogP contribution in [-0.2, 0) is 77.0 Å². The monoisotopic (exact) mass is 973 g/mol. The number of hydrogen-bond donors (Lipinski definition) is 6. The van der Waals surface area contributed by atoms with Crippen LogP contribution in [0, 0.1) is 0 Å². The molecule has 6 N–H and O–H groups in total. The largest absolute Gasteiger partial charge is 0.507 e. The first kappa shape index (κ1) is 53.9. The van der Waals surface area contributed by atoms with E-state index in [9.17, 15) is 30.6 Å². The van der Waals surface area contributed by atoms with Crippen molar-refractivity contribution in [2.45, 2.75) is 196 Å². The number of aromatic hydroxyl groups is 6. The van der Waals surface area contributed by atoms with Crippen LogP contribution in [0.2, 0.25) is 0 Å². The minimum absolute atomic E-state index is 0.172. The van der Waals surface area contributed by atoms with Crippen LogP contribution in [0.25, 0.3) is 0 Å². The van der Waals surface area contributed by atoms with E-state index in [0.29, 0.717) is 38.5 Å². The summed E-state index contributed by atoms with van der Waals surface area (Å²) in [5.74, 6) is 1.03. The molecule has 0 heterocycles. The van der Waals surface area contributed by atoms with Gasteiger partial charge in [0.25, 0.3) is 0 Å². The van der Waals surface area contributed by atoms with Gasteiger partial charge in [0.1, 0.15) is 34.5 Å². The Labute approximate surface area is 431 Å². The number of rotatable bonds is 18. The number of phenolic OH excluding ortho intramolecular Hbond substituents is 6. The van der Waals surface area contributed by atoms with Gasteiger partial charge in [-0.15, -0.1) is 0 Å². The summed E-state index contributed by atoms with van der Waals surface area (Å²) >= 11 is 0. The lowest BCUT2D eigenvalue weighted by atomic mass is 9.87. The van der Waals surface area contributed by atoms with Gasteiger partial charge < -0.3 is 30.6 Å². The normalized spacial score (nSPS) is 12.8. The molecule has 6 aromatic carbocycles. The Bertz CT molecular complexity index is 2170. The SMILES string of the molecule is CCCCc1cc2c(O)c(c1)Cc1cc(CCCC)cc(c1O)Cc1cc(CCCC)cc(c1O)Cc1cc(CCCC)cc(c1O)Cc1cc(CCCC)cc(c1O)Cc1cc(CCCC)cc(c1O)C2. The molecule has 0 unspecified atom stereocenters. The fourth-order valence-electron chi connectivity index (χ4n) is 11.0. The highest BCUT2D eigenvalue weighted by Gasteiger charge is 2.23. The molecule has 1 aliphatic rings. The van der Waals surface area contributed by atoms with E-state index in [-0.39, 0.29) is 34.5 Å². The summed E-state index contributed by atoms with van der Waals surface area (Å²) in [7, 11) is 0. The molecule has 0 aromatic heterocycles. The summed E-state index contributed by atoms with van der Waals surface area (Å²) in [4.78, 5) is 0. The molecule has 7 rings (SSSR count). The quantitative estimate of drug-likeness (QED) is 0.0509. The number of aryl methyl sites for hydroxylation is 6. The summed E-state index contributed by atoms with van der Waals surface area (Å²) in [5.41, 5.74) is 15.5. The van der Waals surface area contributed by atoms with Crippen LogP contribution in [0.4, 0.5) is 0 Å². The highest BCUT2D eigenvalue weighted by Crippen LogP contribution is 2.41. The van der Waals surface area contributed by atoms with Gasteiger partial charge in [-0.2, -0.15) is 0 Å². The van der Waals surface area contributed by atoms with Gasteiger partial charge in [0.2, 0.25) is 0 Å². The second-order valence-corrected chi connectivity index (χ2v) is 21.3. The van der Waals surface area contributed by atoms with E-state index in [1.165, 1.54) is 0 Å². The fraction of sp³-hybridized carbons (Fsp3) is 0.455. The third-order valence-corrected chi connectivity index (χ3v) is 15.2. The molecule has 6 aromatic rings. The van der Waals surface area contributed by atoms with Gasteiger partial charge >= 0.3 is 0 Å². The number of fused-ring (bicyclic) bond motifs is 12. The second-order valence-electron chi connectivity index (χ2n) is 21.3. The zero-order valence-corrected chi connectivity index (χ0v) is 44.6. The van der Waals surface area contributed by atoms with E-state index in [1.54, 1.807) is 0 Å². The standard InChI is InChI=1S/C66H84O6/c1-7-13-19-43-25-49-37-51-27-44(20-14-8-2)29-53(62(51)68)39-55-31-46(22-16-10-4)33-57(64(55)70)41-59-35-48(24-18-12-6)36-60(66(59)72)42-58-34-47(23-17-11-5)32-56(65(58)71)40-54-30-45(21-15-9-3)28-52(63(54)69)38-50(26-43)61(49)67/h25-36,67-72H,7-24,37-42H2,1-6H3. The van der Waals surface area contributed by atoms with Crippen molar-refractivity contribution in [2.75, 3.05) is 0 Å². The minimum Gasteiger partial charge on any atom is -0.507 e. The Kier molecular flexibility index (Phi) is 19.2. The highest BCUT2D eigenvalue weighted by molar-refractivity contribution is 5.59. The van der Waals surface area contributed by atoms with Gasteiger partial charge in [0.05, 0.1) is 0 Å². The van der Waals surface area contributed by atoms with Crippen LogP contribution >= 0.6 is 0 Å². The molecule has 0 fully saturated rings. The van der Waals surface area contributed by atoms with Crippen LogP contribution in [0.5, 0.6) is 34.5 Å². The molecular formula is C66H84O6. The molecule has 0 amide bonds. The Hall–Kier alpha value is -5.88. The summed E-state index contributed by atoms with van der Waals surface area (Å²) < 4.78 is 0. The van der Waals surface area contributed by atoms with Gasteiger partial charge in [-0.3, -0.25) is 0 Å². The van der Waals surface area contributed by atoms with Gasteiger partial charge in [0.15, 0.2) is 0 Å². The summed E-state index contributed by atoms with van der Waals surface area (Å²) in [6.45, 7) is 13.1. The maximum atomic E-state index is 12.4. The maximum Gasteiger partial charge on any atom is 0.122 e. The molecule has 12 bridgehead atoms. The van der Waals surface area contributed by atoms with E-state index in [1.807, 2.05) is 0 Å². The van der Waals surface area contributed by atoms with Crippen molar-refractivity contribution < 1.29 is 30.6 Å². The topological polar surface area (TPSA) is 121 Å². The summed E-state index contributed by atoms with van der Waals surface area (Å²) in [6, 6.07) is 25.1. The average Bonchev–Trinajstić information content (AvgIpc) is 3.37. The predicted molar refractivity (Wildman–Crippen MR) is 297 cm³/mol. The second kappa shape index (κ2) is 25.7. The van der Waals surface area contributed by atoms with Crippen molar-refractivity contribution in [1.82, 2.24) is 0 Å². The lowest BCUT2D eigenvalue weighted by Crippen LogP contribution is -2.04. The van der Waals surface area contributed by atoms with Gasteiger partial charge in [-0.05, 0) is 177 Å². The van der Waals surface area contributed by atoms with E-state index in [4.69, 9.17) is 0 Å². The van der Waals surface area contributed by atoms with Crippen LogP contribution in [0.1, 0.15) is 219 Å². The third kappa shape index (κ3) is 13.4. The van der Waals surface area contributed by atoms with Gasteiger partial charge in [-0.1, -0.05) is 153 Å². The number of unbranched alkanes of at least 4 members (excludes halogenated alkanes) is 6. The van der Waals surface area contributed by atoms with Crippen LogP contribution in [-0.4, -0.2) is 30.6 Å². The maximum absolute atomic E-state index is 12.4. The molecule has 6 nitrogen and oxygen atoms in total. The van der Waals surface area contributed by atoms with Crippen molar-refractivity contribution in [3.63, 3.8) is 0 Å². The van der Waals surface area contributed by atoms with Crippen molar-refractivity contribution in [2.24, 2.45) is 0 Å². The number of benzene rings is 6. The third-order valence-electron chi connectivity index (χ3n) is 15.2. The van der Waals surface area contributed by atoms with E-state index >= 15 is 0 Å². The lowest BCUT2D eigenvalue weighted by molar-refractivity contribution is 0.450. The number of phenols is 6. The molecule has 0 spiro atoms. The molecule has 0 atom stereocenters. The summed E-state index contributed by atoms with van der Waals surface area (Å²) in [5, 5.41) is 74.3. The van der Waals surface area contributed by atoms with Crippen LogP contribution in [0.3, 0.4) is 0 Å². The molecule has 384 valence electrons. The molecule has 72 heavy (non-hydrogen) atoms. The Morgan fingerprint density at radius 1 is 0.222 bits per heavy atom. The zero-order chi connectivity index (χ0) is 51.3. The van der Waals surface area contributed by atoms with E-state index < -0.39 is 0 Å². The molecule has 0 aliphatic heterocycles. The Balaban J connectivity index is 1.50. The Morgan fingerprint density at radius 3 is 0.431 bits per heavy atom. The highest BCUT2D eigenvalue weighted by atomic mass is 16.3. The molecule has 0 saturated carbocycles. The molecule has 1 aliphatic carbocycles. The molecular weight excluding hydrogens is 889 g/mol. The summed E-state index contributed by atoms with van der Waals surface area (Å²) in [6.07, 6.45) is 19.0. The first-order chi connectivity index (χ1) is 34.9. The van der Waals surface area contributed by atoms with Crippen molar-refractivity contribution in [1.29, 1.82) is 0 Å². The smallest absolute Gasteiger partial charge is 0.122 e. The lowest BCUT2D eigenvalue weighted by Gasteiger charge is -2.20. The van der Waals surface area contributed by atoms with Gasteiger partial charge in [-0.25, -0.2) is 0 Å². The van der Waals surface area contributed by atoms with Crippen molar-refractivity contribution in [3.8, 4) is 34.5 Å². The zero-order valence-electron chi connectivity index (χ0n) is 44.6. The van der Waals surface area contributed by atoms with Crippen molar-refractivity contribution in [3.05, 3.63) is 173 Å². The molecule has 0 saturated heterocycles. The predicted octanol–water partition coefficient (Wildman–Crippen LogP) is 15.8. The Morgan fingerprint density at radius 2 is 0.333 bits per heavy atom. The van der Waals surface area contributed by atoms with Gasteiger partial charge in [0, 0.05) is 38.5 Å². The first-order valence-electron chi connectivity index (χ1n) is 27.9. The minimum atomic E-state index is 0.172. The van der Waals surface area contributed by atoms with E-state index in [2.05, 4.69) is 114 Å². The molecule has 0 radical (unpaired) electrons. The molecule has 6 heteroatoms. The fourth-order valence-corrected chi connectivity index (χ4v) is 11.0. The van der Waals surface area contributed by atoms with Crippen LogP contribution < -0.4 is 0 Å². The van der Waals surface area contributed by atoms with Crippen LogP contribution in [0.15, 0.2) is 72.8 Å². The van der Waals surface area contributed by atoms with E-state index in [0.717, 1.165) is 216 Å².